The van der Waals surface area contributed by atoms with Crippen LogP contribution in [0, 0.1) is 5.92 Å². The zero-order chi connectivity index (χ0) is 24.8. The second kappa shape index (κ2) is 11.6. The van der Waals surface area contributed by atoms with E-state index in [1.165, 1.54) is 5.56 Å². The molecule has 0 N–H and O–H groups in total. The van der Waals surface area contributed by atoms with E-state index in [-0.39, 0.29) is 17.9 Å². The van der Waals surface area contributed by atoms with Crippen molar-refractivity contribution in [2.45, 2.75) is 33.2 Å². The highest BCUT2D eigenvalue weighted by Gasteiger charge is 2.21. The second-order valence-corrected chi connectivity index (χ2v) is 9.93. The minimum atomic E-state index is -0.114. The molecule has 0 bridgehead atoms. The summed E-state index contributed by atoms with van der Waals surface area (Å²) in [5.41, 5.74) is 2.98. The van der Waals surface area contributed by atoms with Gasteiger partial charge in [-0.25, -0.2) is 4.98 Å². The van der Waals surface area contributed by atoms with E-state index in [2.05, 4.69) is 48.0 Å². The quantitative estimate of drug-likeness (QED) is 0.464. The van der Waals surface area contributed by atoms with Crippen molar-refractivity contribution < 1.29 is 4.79 Å². The minimum Gasteiger partial charge on any atom is -0.340 e. The fourth-order valence-electron chi connectivity index (χ4n) is 4.45. The maximum atomic E-state index is 13.2. The third kappa shape index (κ3) is 6.59. The Bertz CT molecular complexity index is 1250. The van der Waals surface area contributed by atoms with E-state index in [9.17, 15) is 9.59 Å². The van der Waals surface area contributed by atoms with Crippen LogP contribution in [0.3, 0.4) is 0 Å². The van der Waals surface area contributed by atoms with Crippen molar-refractivity contribution in [3.8, 4) is 0 Å². The van der Waals surface area contributed by atoms with Crippen molar-refractivity contribution in [2.24, 2.45) is 5.92 Å². The molecule has 0 saturated carbocycles. The van der Waals surface area contributed by atoms with Gasteiger partial charge >= 0.3 is 0 Å². The summed E-state index contributed by atoms with van der Waals surface area (Å²) in [5, 5.41) is 0.582. The van der Waals surface area contributed by atoms with Crippen molar-refractivity contribution in [3.63, 3.8) is 0 Å². The van der Waals surface area contributed by atoms with E-state index in [1.54, 1.807) is 16.7 Å². The molecule has 1 fully saturated rings. The largest absolute Gasteiger partial charge is 0.340 e. The first-order chi connectivity index (χ1) is 16.9. The Balaban J connectivity index is 1.35. The highest BCUT2D eigenvalue weighted by molar-refractivity contribution is 6.31. The first-order valence-corrected chi connectivity index (χ1v) is 12.7. The predicted molar refractivity (Wildman–Crippen MR) is 143 cm³/mol. The molecule has 7 heteroatoms. The Kier molecular flexibility index (Phi) is 8.37. The highest BCUT2D eigenvalue weighted by atomic mass is 35.5. The molecule has 0 unspecified atom stereocenters. The molecule has 3 aromatic rings. The van der Waals surface area contributed by atoms with E-state index in [4.69, 9.17) is 11.6 Å². The van der Waals surface area contributed by atoms with Crippen LogP contribution < -0.4 is 5.56 Å². The molecule has 0 aliphatic carbocycles. The summed E-state index contributed by atoms with van der Waals surface area (Å²) in [7, 11) is 0. The van der Waals surface area contributed by atoms with Gasteiger partial charge in [0.2, 0.25) is 5.91 Å². The molecule has 0 spiro atoms. The first kappa shape index (κ1) is 25.1. The van der Waals surface area contributed by atoms with Gasteiger partial charge in [-0.15, -0.1) is 0 Å². The van der Waals surface area contributed by atoms with E-state index in [0.29, 0.717) is 48.2 Å². The lowest BCUT2D eigenvalue weighted by atomic mass is 10.1. The molecule has 1 saturated heterocycles. The second-order valence-electron chi connectivity index (χ2n) is 9.50. The van der Waals surface area contributed by atoms with Crippen LogP contribution in [0.1, 0.15) is 31.5 Å². The number of fused-ring (bicyclic) bond motifs is 1. The van der Waals surface area contributed by atoms with Crippen LogP contribution in [0.4, 0.5) is 0 Å². The zero-order valence-electron chi connectivity index (χ0n) is 20.5. The normalized spacial score (nSPS) is 14.9. The average Bonchev–Trinajstić information content (AvgIpc) is 2.85. The van der Waals surface area contributed by atoms with Gasteiger partial charge in [-0.05, 0) is 29.7 Å². The van der Waals surface area contributed by atoms with Gasteiger partial charge in [0.25, 0.3) is 5.56 Å². The molecule has 2 heterocycles. The maximum absolute atomic E-state index is 13.2. The lowest BCUT2D eigenvalue weighted by Gasteiger charge is -2.34. The molecule has 4 rings (SSSR count). The predicted octanol–water partition coefficient (Wildman–Crippen LogP) is 4.50. The molecule has 1 aliphatic heterocycles. The van der Waals surface area contributed by atoms with Gasteiger partial charge in [0.05, 0.1) is 11.0 Å². The van der Waals surface area contributed by atoms with E-state index in [0.717, 1.165) is 25.2 Å². The third-order valence-corrected chi connectivity index (χ3v) is 6.53. The van der Waals surface area contributed by atoms with Crippen molar-refractivity contribution >= 4 is 34.6 Å². The van der Waals surface area contributed by atoms with Gasteiger partial charge in [-0.1, -0.05) is 67.9 Å². The molecule has 1 aliphatic rings. The van der Waals surface area contributed by atoms with Gasteiger partial charge in [-0.2, -0.15) is 0 Å². The third-order valence-electron chi connectivity index (χ3n) is 6.30. The number of carbonyl (C=O) groups is 1. The maximum Gasteiger partial charge on any atom is 0.272 e. The SMILES string of the molecule is CC(C)Cn1c(=O)c(CCC(=O)N2CCN(C/C=C/c3ccccc3)CC2)nc2cc(Cl)ccc21. The van der Waals surface area contributed by atoms with E-state index >= 15 is 0 Å². The number of carbonyl (C=O) groups excluding carboxylic acids is 1. The van der Waals surface area contributed by atoms with Gasteiger partial charge in [-0.3, -0.25) is 14.5 Å². The fourth-order valence-corrected chi connectivity index (χ4v) is 4.61. The molecule has 6 nitrogen and oxygen atoms in total. The van der Waals surface area contributed by atoms with E-state index < -0.39 is 0 Å². The number of hydrogen-bond acceptors (Lipinski definition) is 4. The minimum absolute atomic E-state index is 0.0762. The lowest BCUT2D eigenvalue weighted by molar-refractivity contribution is -0.132. The number of rotatable bonds is 8. The van der Waals surface area contributed by atoms with Crippen LogP contribution in [0.2, 0.25) is 5.02 Å². The molecule has 1 aromatic heterocycles. The van der Waals surface area contributed by atoms with Gasteiger partial charge in [0.1, 0.15) is 5.69 Å². The number of aromatic nitrogens is 2. The van der Waals surface area contributed by atoms with Crippen molar-refractivity contribution in [1.82, 2.24) is 19.4 Å². The summed E-state index contributed by atoms with van der Waals surface area (Å²) in [5.74, 6) is 0.384. The number of hydrogen-bond donors (Lipinski definition) is 0. The molecule has 35 heavy (non-hydrogen) atoms. The van der Waals surface area contributed by atoms with Gasteiger partial charge < -0.3 is 9.47 Å². The monoisotopic (exact) mass is 492 g/mol. The summed E-state index contributed by atoms with van der Waals surface area (Å²) in [6.07, 6.45) is 4.92. The van der Waals surface area contributed by atoms with Crippen LogP contribution in [0.5, 0.6) is 0 Å². The molecule has 184 valence electrons. The Hall–Kier alpha value is -2.96. The first-order valence-electron chi connectivity index (χ1n) is 12.3. The number of piperazine rings is 1. The van der Waals surface area contributed by atoms with Crippen molar-refractivity contribution in [2.75, 3.05) is 32.7 Å². The number of amides is 1. The topological polar surface area (TPSA) is 58.4 Å². The van der Waals surface area contributed by atoms with Crippen LogP contribution in [-0.4, -0.2) is 58.0 Å². The Morgan fingerprint density at radius 1 is 1.09 bits per heavy atom. The average molecular weight is 493 g/mol. The fraction of sp³-hybridized carbons (Fsp3) is 0.393. The van der Waals surface area contributed by atoms with E-state index in [1.807, 2.05) is 29.2 Å². The smallest absolute Gasteiger partial charge is 0.272 e. The van der Waals surface area contributed by atoms with Crippen molar-refractivity contribution in [1.29, 1.82) is 0 Å². The Labute approximate surface area is 211 Å². The van der Waals surface area contributed by atoms with Crippen LogP contribution in [-0.2, 0) is 17.8 Å². The number of aryl methyl sites for hydroxylation is 1. The molecule has 0 atom stereocenters. The van der Waals surface area contributed by atoms with Crippen LogP contribution in [0.15, 0.2) is 59.4 Å². The molecular formula is C28H33ClN4O2. The zero-order valence-corrected chi connectivity index (χ0v) is 21.2. The standard InChI is InChI=1S/C28H33ClN4O2/c1-21(2)20-33-26-12-10-23(29)19-25(26)30-24(28(33)35)11-13-27(34)32-17-15-31(16-18-32)14-6-9-22-7-4-3-5-8-22/h3-10,12,19,21H,11,13-18,20H2,1-2H3/b9-6+. The van der Waals surface area contributed by atoms with Gasteiger partial charge in [0, 0.05) is 57.1 Å². The molecule has 0 radical (unpaired) electrons. The number of nitrogens with zero attached hydrogens (tertiary/aromatic N) is 4. The summed E-state index contributed by atoms with van der Waals surface area (Å²) in [6.45, 7) is 8.73. The summed E-state index contributed by atoms with van der Waals surface area (Å²) in [6, 6.07) is 15.7. The molecular weight excluding hydrogens is 460 g/mol. The summed E-state index contributed by atoms with van der Waals surface area (Å²) >= 11 is 6.18. The summed E-state index contributed by atoms with van der Waals surface area (Å²) in [4.78, 5) is 34.9. The Morgan fingerprint density at radius 3 is 2.54 bits per heavy atom. The van der Waals surface area contributed by atoms with Crippen LogP contribution >= 0.6 is 11.6 Å². The van der Waals surface area contributed by atoms with Crippen molar-refractivity contribution in [3.05, 3.63) is 81.2 Å². The molecule has 1 amide bonds. The van der Waals surface area contributed by atoms with Gasteiger partial charge in [0.15, 0.2) is 0 Å². The highest BCUT2D eigenvalue weighted by Crippen LogP contribution is 2.18. The Morgan fingerprint density at radius 2 is 1.83 bits per heavy atom. The molecule has 2 aromatic carbocycles. The number of halogens is 1. The lowest BCUT2D eigenvalue weighted by Crippen LogP contribution is -2.48. The summed E-state index contributed by atoms with van der Waals surface area (Å²) < 4.78 is 1.77. The van der Waals surface area contributed by atoms with Crippen LogP contribution in [0.25, 0.3) is 17.1 Å². The number of benzene rings is 2.